The average Bonchev–Trinajstić information content (AvgIpc) is 1.87. The van der Waals surface area contributed by atoms with E-state index in [0.29, 0.717) is 0 Å². The molecule has 4 heteroatoms. The monoisotopic (exact) mass is 133 g/mol. The lowest BCUT2D eigenvalue weighted by molar-refractivity contribution is -0.134. The molecular formula is C5H8FNO2. The first-order chi connectivity index (χ1) is 4.20. The minimum Gasteiger partial charge on any atom is -0.466 e. The van der Waals surface area contributed by atoms with E-state index in [0.717, 1.165) is 6.08 Å². The van der Waals surface area contributed by atoms with Gasteiger partial charge < -0.3 is 10.5 Å². The van der Waals surface area contributed by atoms with Crippen molar-refractivity contribution in [1.29, 1.82) is 0 Å². The molecule has 0 aliphatic rings. The number of methoxy groups -OCH3 is 1. The number of esters is 1. The Morgan fingerprint density at radius 3 is 2.78 bits per heavy atom. The Balaban J connectivity index is 3.79. The molecule has 0 fully saturated rings. The largest absolute Gasteiger partial charge is 0.466 e. The molecule has 0 radical (unpaired) electrons. The summed E-state index contributed by atoms with van der Waals surface area (Å²) in [5, 5.41) is 0. The fourth-order valence-electron chi connectivity index (χ4n) is 0.249. The SMILES string of the molecule is COC(=O)/C=C(/N)CF. The van der Waals surface area contributed by atoms with Crippen molar-refractivity contribution < 1.29 is 13.9 Å². The number of halogens is 1. The number of allylic oxidation sites excluding steroid dienone is 1. The molecule has 0 aromatic carbocycles. The number of alkyl halides is 1. The van der Waals surface area contributed by atoms with Crippen molar-refractivity contribution in [3.05, 3.63) is 11.8 Å². The highest BCUT2D eigenvalue weighted by molar-refractivity contribution is 5.82. The number of nitrogens with two attached hydrogens (primary N) is 1. The molecule has 0 heterocycles. The fraction of sp³-hybridized carbons (Fsp3) is 0.400. The van der Waals surface area contributed by atoms with Crippen LogP contribution >= 0.6 is 0 Å². The summed E-state index contributed by atoms with van der Waals surface area (Å²) in [4.78, 5) is 10.2. The standard InChI is InChI=1S/C5H8FNO2/c1-9-5(8)2-4(7)3-6/h2H,3,7H2,1H3/b4-2+. The lowest BCUT2D eigenvalue weighted by Gasteiger charge is -1.91. The van der Waals surface area contributed by atoms with E-state index in [2.05, 4.69) is 4.74 Å². The third-order valence-corrected chi connectivity index (χ3v) is 0.659. The number of carbonyl (C=O) groups is 1. The molecule has 0 aliphatic carbocycles. The Hall–Kier alpha value is -1.06. The van der Waals surface area contributed by atoms with E-state index in [1.807, 2.05) is 0 Å². The van der Waals surface area contributed by atoms with Crippen molar-refractivity contribution in [1.82, 2.24) is 0 Å². The van der Waals surface area contributed by atoms with Gasteiger partial charge in [0.15, 0.2) is 0 Å². The van der Waals surface area contributed by atoms with Crippen LogP contribution in [0.4, 0.5) is 4.39 Å². The van der Waals surface area contributed by atoms with Gasteiger partial charge >= 0.3 is 5.97 Å². The zero-order chi connectivity index (χ0) is 7.28. The van der Waals surface area contributed by atoms with E-state index >= 15 is 0 Å². The highest BCUT2D eigenvalue weighted by Gasteiger charge is 1.94. The van der Waals surface area contributed by atoms with Gasteiger partial charge in [0.1, 0.15) is 6.67 Å². The van der Waals surface area contributed by atoms with Crippen LogP contribution in [0.2, 0.25) is 0 Å². The summed E-state index contributed by atoms with van der Waals surface area (Å²) in [5.41, 5.74) is 4.81. The maximum Gasteiger partial charge on any atom is 0.332 e. The molecule has 3 nitrogen and oxygen atoms in total. The van der Waals surface area contributed by atoms with Gasteiger partial charge in [-0.25, -0.2) is 9.18 Å². The van der Waals surface area contributed by atoms with Crippen molar-refractivity contribution in [2.24, 2.45) is 5.73 Å². The predicted molar refractivity (Wildman–Crippen MR) is 30.3 cm³/mol. The summed E-state index contributed by atoms with van der Waals surface area (Å²) in [6, 6.07) is 0. The Morgan fingerprint density at radius 1 is 1.89 bits per heavy atom. The summed E-state index contributed by atoms with van der Waals surface area (Å²) in [6.07, 6.45) is 0.903. The Morgan fingerprint density at radius 2 is 2.44 bits per heavy atom. The number of carbonyl (C=O) groups excluding carboxylic acids is 1. The number of hydrogen-bond donors (Lipinski definition) is 1. The van der Waals surface area contributed by atoms with Crippen LogP contribution in [-0.4, -0.2) is 19.8 Å². The van der Waals surface area contributed by atoms with Crippen LogP contribution in [0.3, 0.4) is 0 Å². The minimum atomic E-state index is -0.824. The summed E-state index contributed by atoms with van der Waals surface area (Å²) in [5.74, 6) is -0.634. The topological polar surface area (TPSA) is 52.3 Å². The number of rotatable bonds is 2. The second kappa shape index (κ2) is 3.88. The van der Waals surface area contributed by atoms with Crippen molar-refractivity contribution in [3.8, 4) is 0 Å². The van der Waals surface area contributed by atoms with Crippen LogP contribution in [-0.2, 0) is 9.53 Å². The molecule has 0 unspecified atom stereocenters. The summed E-state index contributed by atoms with van der Waals surface area (Å²) in [7, 11) is 1.20. The Labute approximate surface area is 52.3 Å². The van der Waals surface area contributed by atoms with Crippen LogP contribution in [0.1, 0.15) is 0 Å². The van der Waals surface area contributed by atoms with Gasteiger partial charge in [-0.15, -0.1) is 0 Å². The zero-order valence-electron chi connectivity index (χ0n) is 5.06. The highest BCUT2D eigenvalue weighted by atomic mass is 19.1. The fourth-order valence-corrected chi connectivity index (χ4v) is 0.249. The van der Waals surface area contributed by atoms with Crippen LogP contribution in [0.25, 0.3) is 0 Å². The first-order valence-electron chi connectivity index (χ1n) is 2.30. The van der Waals surface area contributed by atoms with E-state index in [9.17, 15) is 9.18 Å². The molecule has 0 bridgehead atoms. The maximum absolute atomic E-state index is 11.5. The molecule has 0 rings (SSSR count). The number of hydrogen-bond acceptors (Lipinski definition) is 3. The molecule has 0 saturated heterocycles. The molecular weight excluding hydrogens is 125 g/mol. The van der Waals surface area contributed by atoms with Gasteiger partial charge in [-0.3, -0.25) is 0 Å². The maximum atomic E-state index is 11.5. The van der Waals surface area contributed by atoms with Crippen LogP contribution in [0, 0.1) is 0 Å². The molecule has 9 heavy (non-hydrogen) atoms. The summed E-state index contributed by atoms with van der Waals surface area (Å²) < 4.78 is 15.6. The smallest absolute Gasteiger partial charge is 0.332 e. The summed E-state index contributed by atoms with van der Waals surface area (Å²) in [6.45, 7) is -0.824. The van der Waals surface area contributed by atoms with Crippen molar-refractivity contribution in [3.63, 3.8) is 0 Å². The third-order valence-electron chi connectivity index (χ3n) is 0.659. The van der Waals surface area contributed by atoms with Gasteiger partial charge in [-0.05, 0) is 0 Å². The normalized spacial score (nSPS) is 11.1. The third kappa shape index (κ3) is 3.52. The molecule has 0 aromatic rings. The number of ether oxygens (including phenoxy) is 1. The molecule has 0 amide bonds. The Bertz CT molecular complexity index is 133. The first-order valence-corrected chi connectivity index (χ1v) is 2.30. The average molecular weight is 133 g/mol. The second-order valence-corrected chi connectivity index (χ2v) is 1.38. The van der Waals surface area contributed by atoms with E-state index in [-0.39, 0.29) is 5.70 Å². The van der Waals surface area contributed by atoms with E-state index in [4.69, 9.17) is 5.73 Å². The predicted octanol–water partition coefficient (Wildman–Crippen LogP) is -0.0285. The molecule has 52 valence electrons. The van der Waals surface area contributed by atoms with Crippen LogP contribution in [0.5, 0.6) is 0 Å². The Kier molecular flexibility index (Phi) is 3.43. The molecule has 0 spiro atoms. The van der Waals surface area contributed by atoms with Gasteiger partial charge in [0.25, 0.3) is 0 Å². The van der Waals surface area contributed by atoms with Gasteiger partial charge in [-0.1, -0.05) is 0 Å². The highest BCUT2D eigenvalue weighted by Crippen LogP contribution is 1.85. The van der Waals surface area contributed by atoms with E-state index in [1.165, 1.54) is 7.11 Å². The first kappa shape index (κ1) is 7.94. The molecule has 0 atom stereocenters. The quantitative estimate of drug-likeness (QED) is 0.425. The second-order valence-electron chi connectivity index (χ2n) is 1.38. The van der Waals surface area contributed by atoms with Crippen LogP contribution in [0.15, 0.2) is 11.8 Å². The minimum absolute atomic E-state index is 0.123. The lowest BCUT2D eigenvalue weighted by Crippen LogP contribution is -2.04. The van der Waals surface area contributed by atoms with Crippen molar-refractivity contribution in [2.75, 3.05) is 13.8 Å². The molecule has 2 N–H and O–H groups in total. The van der Waals surface area contributed by atoms with Crippen molar-refractivity contribution in [2.45, 2.75) is 0 Å². The molecule has 0 aromatic heterocycles. The van der Waals surface area contributed by atoms with Crippen LogP contribution < -0.4 is 5.73 Å². The molecule has 0 aliphatic heterocycles. The lowest BCUT2D eigenvalue weighted by atomic mass is 10.4. The van der Waals surface area contributed by atoms with Gasteiger partial charge in [-0.2, -0.15) is 0 Å². The van der Waals surface area contributed by atoms with Gasteiger partial charge in [0.05, 0.1) is 7.11 Å². The van der Waals surface area contributed by atoms with E-state index in [1.54, 1.807) is 0 Å². The van der Waals surface area contributed by atoms with Gasteiger partial charge in [0, 0.05) is 11.8 Å². The molecule has 0 saturated carbocycles. The van der Waals surface area contributed by atoms with Crippen molar-refractivity contribution >= 4 is 5.97 Å². The van der Waals surface area contributed by atoms with Gasteiger partial charge in [0.2, 0.25) is 0 Å². The summed E-state index contributed by atoms with van der Waals surface area (Å²) >= 11 is 0. The van der Waals surface area contributed by atoms with E-state index < -0.39 is 12.6 Å². The zero-order valence-corrected chi connectivity index (χ0v) is 5.06.